The van der Waals surface area contributed by atoms with E-state index in [0.29, 0.717) is 5.92 Å². The van der Waals surface area contributed by atoms with E-state index in [0.717, 1.165) is 48.9 Å². The number of hydrogen-bond donors (Lipinski definition) is 1. The molecule has 0 bridgehead atoms. The standard InChI is InChI=1S/C16H22N2O2S/c1-12(19)14-6-7-17(10-14)15-4-2-13(3-5-15)16(20)18-8-9-21-11-18/h2-5,12,14,19H,6-11H2,1H3. The molecule has 2 unspecified atom stereocenters. The molecule has 2 atom stereocenters. The lowest BCUT2D eigenvalue weighted by molar-refractivity contribution is 0.0802. The molecule has 2 aliphatic rings. The van der Waals surface area contributed by atoms with E-state index >= 15 is 0 Å². The number of nitrogens with zero attached hydrogens (tertiary/aromatic N) is 2. The van der Waals surface area contributed by atoms with Gasteiger partial charge in [-0.05, 0) is 37.6 Å². The molecule has 2 aliphatic heterocycles. The predicted molar refractivity (Wildman–Crippen MR) is 86.8 cm³/mol. The van der Waals surface area contributed by atoms with Crippen LogP contribution in [0.15, 0.2) is 24.3 Å². The number of anilines is 1. The Morgan fingerprint density at radius 3 is 2.67 bits per heavy atom. The molecule has 2 fully saturated rings. The van der Waals surface area contributed by atoms with Gasteiger partial charge in [0, 0.05) is 42.6 Å². The Kier molecular flexibility index (Phi) is 4.40. The van der Waals surface area contributed by atoms with Crippen molar-refractivity contribution in [2.45, 2.75) is 19.4 Å². The lowest BCUT2D eigenvalue weighted by Crippen LogP contribution is -2.28. The topological polar surface area (TPSA) is 43.8 Å². The third kappa shape index (κ3) is 3.19. The van der Waals surface area contributed by atoms with Crippen LogP contribution in [0.1, 0.15) is 23.7 Å². The van der Waals surface area contributed by atoms with Crippen LogP contribution in [0.3, 0.4) is 0 Å². The van der Waals surface area contributed by atoms with Gasteiger partial charge in [-0.1, -0.05) is 0 Å². The molecule has 0 aliphatic carbocycles. The molecule has 1 aromatic rings. The summed E-state index contributed by atoms with van der Waals surface area (Å²) in [7, 11) is 0. The van der Waals surface area contributed by atoms with Crippen molar-refractivity contribution >= 4 is 23.4 Å². The van der Waals surface area contributed by atoms with Crippen LogP contribution >= 0.6 is 11.8 Å². The molecule has 0 spiro atoms. The second-order valence-electron chi connectivity index (χ2n) is 5.89. The zero-order valence-corrected chi connectivity index (χ0v) is 13.2. The smallest absolute Gasteiger partial charge is 0.254 e. The molecule has 0 radical (unpaired) electrons. The number of rotatable bonds is 3. The molecule has 2 saturated heterocycles. The molecule has 3 rings (SSSR count). The third-order valence-corrected chi connectivity index (χ3v) is 5.39. The van der Waals surface area contributed by atoms with E-state index in [9.17, 15) is 9.90 Å². The molecule has 0 saturated carbocycles. The molecule has 114 valence electrons. The predicted octanol–water partition coefficient (Wildman–Crippen LogP) is 2.04. The first-order valence-electron chi connectivity index (χ1n) is 7.55. The van der Waals surface area contributed by atoms with Gasteiger partial charge in [-0.25, -0.2) is 0 Å². The van der Waals surface area contributed by atoms with Gasteiger partial charge < -0.3 is 14.9 Å². The highest BCUT2D eigenvalue weighted by atomic mass is 32.2. The van der Waals surface area contributed by atoms with Gasteiger partial charge in [-0.2, -0.15) is 0 Å². The zero-order chi connectivity index (χ0) is 14.8. The van der Waals surface area contributed by atoms with Gasteiger partial charge in [0.25, 0.3) is 5.91 Å². The molecular formula is C16H22N2O2S. The van der Waals surface area contributed by atoms with Gasteiger partial charge in [-0.3, -0.25) is 4.79 Å². The van der Waals surface area contributed by atoms with Crippen LogP contribution in [0.5, 0.6) is 0 Å². The van der Waals surface area contributed by atoms with Crippen LogP contribution in [0, 0.1) is 5.92 Å². The molecule has 1 N–H and O–H groups in total. The van der Waals surface area contributed by atoms with Crippen molar-refractivity contribution in [2.24, 2.45) is 5.92 Å². The highest BCUT2D eigenvalue weighted by Gasteiger charge is 2.26. The summed E-state index contributed by atoms with van der Waals surface area (Å²) in [6.07, 6.45) is 0.784. The fourth-order valence-electron chi connectivity index (χ4n) is 2.99. The van der Waals surface area contributed by atoms with Gasteiger partial charge in [0.1, 0.15) is 0 Å². The third-order valence-electron chi connectivity index (χ3n) is 4.43. The maximum absolute atomic E-state index is 12.3. The van der Waals surface area contributed by atoms with E-state index in [-0.39, 0.29) is 12.0 Å². The minimum atomic E-state index is -0.247. The SMILES string of the molecule is CC(O)C1CCN(c2ccc(C(=O)N3CCSC3)cc2)C1. The van der Waals surface area contributed by atoms with Crippen molar-refractivity contribution in [2.75, 3.05) is 36.2 Å². The number of benzene rings is 1. The fourth-order valence-corrected chi connectivity index (χ4v) is 3.93. The Balaban J connectivity index is 1.65. The first kappa shape index (κ1) is 14.7. The number of aliphatic hydroxyl groups excluding tert-OH is 1. The van der Waals surface area contributed by atoms with Crippen LogP contribution in [0.4, 0.5) is 5.69 Å². The highest BCUT2D eigenvalue weighted by Crippen LogP contribution is 2.26. The van der Waals surface area contributed by atoms with Gasteiger partial charge >= 0.3 is 0 Å². The average Bonchev–Trinajstić information content (AvgIpc) is 3.18. The van der Waals surface area contributed by atoms with E-state index in [2.05, 4.69) is 4.90 Å². The number of aliphatic hydroxyl groups is 1. The second kappa shape index (κ2) is 6.28. The van der Waals surface area contributed by atoms with Crippen LogP contribution in [0.2, 0.25) is 0 Å². The minimum absolute atomic E-state index is 0.134. The summed E-state index contributed by atoms with van der Waals surface area (Å²) < 4.78 is 0. The second-order valence-corrected chi connectivity index (χ2v) is 6.96. The van der Waals surface area contributed by atoms with Crippen LogP contribution < -0.4 is 4.90 Å². The lowest BCUT2D eigenvalue weighted by Gasteiger charge is -2.20. The first-order valence-corrected chi connectivity index (χ1v) is 8.71. The van der Waals surface area contributed by atoms with Gasteiger partial charge in [0.15, 0.2) is 0 Å². The van der Waals surface area contributed by atoms with Gasteiger partial charge in [-0.15, -0.1) is 11.8 Å². The zero-order valence-electron chi connectivity index (χ0n) is 12.4. The van der Waals surface area contributed by atoms with E-state index < -0.39 is 0 Å². The normalized spacial score (nSPS) is 23.6. The molecule has 4 nitrogen and oxygen atoms in total. The summed E-state index contributed by atoms with van der Waals surface area (Å²) in [5.41, 5.74) is 1.91. The van der Waals surface area contributed by atoms with Gasteiger partial charge in [0.2, 0.25) is 0 Å². The van der Waals surface area contributed by atoms with E-state index in [1.165, 1.54) is 0 Å². The van der Waals surface area contributed by atoms with Crippen molar-refractivity contribution < 1.29 is 9.90 Å². The quantitative estimate of drug-likeness (QED) is 0.928. The number of hydrogen-bond acceptors (Lipinski definition) is 4. The van der Waals surface area contributed by atoms with E-state index in [1.54, 1.807) is 11.8 Å². The van der Waals surface area contributed by atoms with Crippen molar-refractivity contribution in [3.8, 4) is 0 Å². The lowest BCUT2D eigenvalue weighted by atomic mass is 10.0. The molecule has 0 aromatic heterocycles. The number of carbonyl (C=O) groups excluding carboxylic acids is 1. The van der Waals surface area contributed by atoms with Crippen LogP contribution in [0.25, 0.3) is 0 Å². The summed E-state index contributed by atoms with van der Waals surface area (Å²) in [6.45, 7) is 4.59. The Labute approximate surface area is 130 Å². The largest absolute Gasteiger partial charge is 0.393 e. The highest BCUT2D eigenvalue weighted by molar-refractivity contribution is 7.99. The number of thioether (sulfide) groups is 1. The number of carbonyl (C=O) groups is 1. The fraction of sp³-hybridized carbons (Fsp3) is 0.562. The molecule has 5 heteroatoms. The Hall–Kier alpha value is -1.20. The Bertz CT molecular complexity index is 498. The monoisotopic (exact) mass is 306 g/mol. The Morgan fingerprint density at radius 1 is 1.33 bits per heavy atom. The maximum atomic E-state index is 12.3. The molecule has 2 heterocycles. The Morgan fingerprint density at radius 2 is 2.10 bits per heavy atom. The number of amides is 1. The van der Waals surface area contributed by atoms with E-state index in [4.69, 9.17) is 0 Å². The van der Waals surface area contributed by atoms with Crippen LogP contribution in [-0.4, -0.2) is 53.3 Å². The summed E-state index contributed by atoms with van der Waals surface area (Å²) in [6, 6.07) is 7.91. The summed E-state index contributed by atoms with van der Waals surface area (Å²) in [5.74, 6) is 2.34. The molecule has 1 aromatic carbocycles. The first-order chi connectivity index (χ1) is 10.1. The van der Waals surface area contributed by atoms with Gasteiger partial charge in [0.05, 0.1) is 12.0 Å². The molecular weight excluding hydrogens is 284 g/mol. The summed E-state index contributed by atoms with van der Waals surface area (Å²) >= 11 is 1.80. The van der Waals surface area contributed by atoms with Crippen molar-refractivity contribution in [1.82, 2.24) is 4.90 Å². The maximum Gasteiger partial charge on any atom is 0.254 e. The van der Waals surface area contributed by atoms with Crippen molar-refractivity contribution in [3.05, 3.63) is 29.8 Å². The van der Waals surface area contributed by atoms with Crippen LogP contribution in [-0.2, 0) is 0 Å². The molecule has 1 amide bonds. The minimum Gasteiger partial charge on any atom is -0.393 e. The van der Waals surface area contributed by atoms with Crippen molar-refractivity contribution in [3.63, 3.8) is 0 Å². The molecule has 21 heavy (non-hydrogen) atoms. The summed E-state index contributed by atoms with van der Waals surface area (Å²) in [4.78, 5) is 16.5. The average molecular weight is 306 g/mol. The van der Waals surface area contributed by atoms with Crippen molar-refractivity contribution in [1.29, 1.82) is 0 Å². The summed E-state index contributed by atoms with van der Waals surface area (Å²) in [5, 5.41) is 9.68. The van der Waals surface area contributed by atoms with E-state index in [1.807, 2.05) is 36.1 Å².